The number of carbonyl (C=O) groups excluding carboxylic acids is 1. The van der Waals surface area contributed by atoms with E-state index in [0.717, 1.165) is 22.2 Å². The van der Waals surface area contributed by atoms with Crippen molar-refractivity contribution in [2.45, 2.75) is 6.54 Å². The summed E-state index contributed by atoms with van der Waals surface area (Å²) in [5, 5.41) is 3.88. The van der Waals surface area contributed by atoms with Crippen LogP contribution in [0, 0.1) is 0 Å². The minimum absolute atomic E-state index is 0.151. The van der Waals surface area contributed by atoms with Crippen LogP contribution < -0.4 is 11.1 Å². The van der Waals surface area contributed by atoms with E-state index in [1.165, 1.54) is 0 Å². The third-order valence-corrected chi connectivity index (χ3v) is 3.22. The Bertz CT molecular complexity index is 711. The highest BCUT2D eigenvalue weighted by Gasteiger charge is 2.09. The quantitative estimate of drug-likeness (QED) is 0.681. The molecule has 0 spiro atoms. The van der Waals surface area contributed by atoms with Gasteiger partial charge in [0.1, 0.15) is 5.69 Å². The van der Waals surface area contributed by atoms with Crippen LogP contribution >= 0.6 is 0 Å². The van der Waals surface area contributed by atoms with Crippen molar-refractivity contribution in [3.05, 3.63) is 65.9 Å². The first-order chi connectivity index (χ1) is 9.76. The number of fused-ring (bicyclic) bond motifs is 1. The number of benzene rings is 2. The average Bonchev–Trinajstić information content (AvgIpc) is 2.92. The molecule has 1 amide bonds. The fourth-order valence-corrected chi connectivity index (χ4v) is 2.12. The van der Waals surface area contributed by atoms with Gasteiger partial charge in [0, 0.05) is 23.1 Å². The lowest BCUT2D eigenvalue weighted by molar-refractivity contribution is 0.102. The van der Waals surface area contributed by atoms with Gasteiger partial charge in [0.25, 0.3) is 5.91 Å². The molecule has 0 saturated heterocycles. The molecule has 3 aromatic rings. The van der Waals surface area contributed by atoms with Gasteiger partial charge in [0.2, 0.25) is 0 Å². The molecule has 100 valence electrons. The van der Waals surface area contributed by atoms with E-state index in [-0.39, 0.29) is 5.91 Å². The number of hydrogen-bond donors (Lipinski definition) is 3. The van der Waals surface area contributed by atoms with E-state index in [4.69, 9.17) is 5.73 Å². The van der Waals surface area contributed by atoms with E-state index in [1.807, 2.05) is 54.6 Å². The van der Waals surface area contributed by atoms with Gasteiger partial charge < -0.3 is 16.0 Å². The third-order valence-electron chi connectivity index (χ3n) is 3.22. The number of anilines is 1. The first-order valence-electron chi connectivity index (χ1n) is 6.44. The van der Waals surface area contributed by atoms with Crippen LogP contribution in [0.25, 0.3) is 10.9 Å². The number of hydrogen-bond acceptors (Lipinski definition) is 2. The number of rotatable bonds is 3. The second-order valence-electron chi connectivity index (χ2n) is 4.63. The highest BCUT2D eigenvalue weighted by atomic mass is 16.1. The molecule has 0 unspecified atom stereocenters. The number of H-pyrrole nitrogens is 1. The Morgan fingerprint density at radius 3 is 2.55 bits per heavy atom. The van der Waals surface area contributed by atoms with Crippen molar-refractivity contribution >= 4 is 22.5 Å². The zero-order chi connectivity index (χ0) is 13.9. The van der Waals surface area contributed by atoms with E-state index >= 15 is 0 Å². The fraction of sp³-hybridized carbons (Fsp3) is 0.0625. The van der Waals surface area contributed by atoms with Crippen molar-refractivity contribution in [1.29, 1.82) is 0 Å². The van der Waals surface area contributed by atoms with Gasteiger partial charge in [-0.2, -0.15) is 0 Å². The monoisotopic (exact) mass is 265 g/mol. The van der Waals surface area contributed by atoms with Crippen LogP contribution in [0.2, 0.25) is 0 Å². The molecular formula is C16H15N3O. The van der Waals surface area contributed by atoms with Crippen LogP contribution in [0.4, 0.5) is 5.69 Å². The molecule has 0 aliphatic rings. The Kier molecular flexibility index (Phi) is 3.23. The Labute approximate surface area is 116 Å². The maximum absolute atomic E-state index is 12.2. The second-order valence-corrected chi connectivity index (χ2v) is 4.63. The van der Waals surface area contributed by atoms with Gasteiger partial charge in [-0.1, -0.05) is 30.3 Å². The summed E-state index contributed by atoms with van der Waals surface area (Å²) in [6, 6.07) is 17.2. The molecular weight excluding hydrogens is 250 g/mol. The lowest BCUT2D eigenvalue weighted by Gasteiger charge is -2.04. The lowest BCUT2D eigenvalue weighted by atomic mass is 10.2. The first-order valence-corrected chi connectivity index (χ1v) is 6.44. The standard InChI is InChI=1S/C16H15N3O/c17-10-11-5-7-13(8-6-11)18-16(20)15-9-12-3-1-2-4-14(12)19-15/h1-9,19H,10,17H2,(H,18,20). The molecule has 1 heterocycles. The maximum atomic E-state index is 12.2. The molecule has 4 heteroatoms. The van der Waals surface area contributed by atoms with Crippen LogP contribution in [0.5, 0.6) is 0 Å². The minimum Gasteiger partial charge on any atom is -0.351 e. The van der Waals surface area contributed by atoms with Gasteiger partial charge in [0.15, 0.2) is 0 Å². The number of carbonyl (C=O) groups is 1. The highest BCUT2D eigenvalue weighted by molar-refractivity contribution is 6.05. The zero-order valence-corrected chi connectivity index (χ0v) is 10.9. The molecule has 4 nitrogen and oxygen atoms in total. The van der Waals surface area contributed by atoms with Crippen molar-refractivity contribution in [3.63, 3.8) is 0 Å². The SMILES string of the molecule is NCc1ccc(NC(=O)c2cc3ccccc3[nH]2)cc1. The minimum atomic E-state index is -0.151. The second kappa shape index (κ2) is 5.19. The number of amides is 1. The van der Waals surface area contributed by atoms with Gasteiger partial charge in [-0.25, -0.2) is 0 Å². The van der Waals surface area contributed by atoms with Crippen LogP contribution in [0.3, 0.4) is 0 Å². The lowest BCUT2D eigenvalue weighted by Crippen LogP contribution is -2.12. The number of aromatic amines is 1. The first kappa shape index (κ1) is 12.4. The van der Waals surface area contributed by atoms with Gasteiger partial charge in [-0.15, -0.1) is 0 Å². The smallest absolute Gasteiger partial charge is 0.272 e. The fourth-order valence-electron chi connectivity index (χ4n) is 2.12. The number of nitrogens with one attached hydrogen (secondary N) is 2. The van der Waals surface area contributed by atoms with Crippen LogP contribution in [-0.2, 0) is 6.54 Å². The highest BCUT2D eigenvalue weighted by Crippen LogP contribution is 2.16. The molecule has 4 N–H and O–H groups in total. The summed E-state index contributed by atoms with van der Waals surface area (Å²) >= 11 is 0. The normalized spacial score (nSPS) is 10.7. The predicted octanol–water partition coefficient (Wildman–Crippen LogP) is 2.88. The Hall–Kier alpha value is -2.59. The molecule has 2 aromatic carbocycles. The van der Waals surface area contributed by atoms with Crippen LogP contribution in [0.15, 0.2) is 54.6 Å². The van der Waals surface area contributed by atoms with E-state index in [2.05, 4.69) is 10.3 Å². The van der Waals surface area contributed by atoms with Crippen molar-refractivity contribution in [2.24, 2.45) is 5.73 Å². The molecule has 0 saturated carbocycles. The summed E-state index contributed by atoms with van der Waals surface area (Å²) in [5.41, 5.74) is 8.84. The van der Waals surface area contributed by atoms with Gasteiger partial charge in [-0.3, -0.25) is 4.79 Å². The number of para-hydroxylation sites is 1. The van der Waals surface area contributed by atoms with E-state index in [1.54, 1.807) is 0 Å². The summed E-state index contributed by atoms with van der Waals surface area (Å²) < 4.78 is 0. The largest absolute Gasteiger partial charge is 0.351 e. The van der Waals surface area contributed by atoms with Gasteiger partial charge in [0.05, 0.1) is 0 Å². The molecule has 3 rings (SSSR count). The van der Waals surface area contributed by atoms with Crippen molar-refractivity contribution in [1.82, 2.24) is 4.98 Å². The molecule has 0 fully saturated rings. The summed E-state index contributed by atoms with van der Waals surface area (Å²) in [6.45, 7) is 0.496. The van der Waals surface area contributed by atoms with Crippen molar-refractivity contribution < 1.29 is 4.79 Å². The Morgan fingerprint density at radius 2 is 1.85 bits per heavy atom. The van der Waals surface area contributed by atoms with Gasteiger partial charge >= 0.3 is 0 Å². The molecule has 0 aliphatic carbocycles. The molecule has 0 aliphatic heterocycles. The Balaban J connectivity index is 1.81. The van der Waals surface area contributed by atoms with Crippen LogP contribution in [0.1, 0.15) is 16.1 Å². The zero-order valence-electron chi connectivity index (χ0n) is 10.9. The summed E-state index contributed by atoms with van der Waals surface area (Å²) in [7, 11) is 0. The van der Waals surface area contributed by atoms with E-state index in [0.29, 0.717) is 12.2 Å². The average molecular weight is 265 g/mol. The van der Waals surface area contributed by atoms with E-state index in [9.17, 15) is 4.79 Å². The van der Waals surface area contributed by atoms with Gasteiger partial charge in [-0.05, 0) is 29.8 Å². The van der Waals surface area contributed by atoms with Crippen molar-refractivity contribution in [2.75, 3.05) is 5.32 Å². The summed E-state index contributed by atoms with van der Waals surface area (Å²) in [4.78, 5) is 15.3. The van der Waals surface area contributed by atoms with Crippen molar-refractivity contribution in [3.8, 4) is 0 Å². The third kappa shape index (κ3) is 2.41. The topological polar surface area (TPSA) is 70.9 Å². The number of aromatic nitrogens is 1. The number of nitrogens with two attached hydrogens (primary N) is 1. The Morgan fingerprint density at radius 1 is 1.10 bits per heavy atom. The molecule has 20 heavy (non-hydrogen) atoms. The molecule has 1 aromatic heterocycles. The van der Waals surface area contributed by atoms with Crippen LogP contribution in [-0.4, -0.2) is 10.9 Å². The van der Waals surface area contributed by atoms with E-state index < -0.39 is 0 Å². The maximum Gasteiger partial charge on any atom is 0.272 e. The molecule has 0 bridgehead atoms. The molecule has 0 radical (unpaired) electrons. The predicted molar refractivity (Wildman–Crippen MR) is 80.6 cm³/mol. The summed E-state index contributed by atoms with van der Waals surface area (Å²) in [5.74, 6) is -0.151. The molecule has 0 atom stereocenters. The summed E-state index contributed by atoms with van der Waals surface area (Å²) in [6.07, 6.45) is 0.